The summed E-state index contributed by atoms with van der Waals surface area (Å²) in [6.45, 7) is -1.65. The van der Waals surface area contributed by atoms with E-state index in [2.05, 4.69) is 4.74 Å². The number of rotatable bonds is 4. The van der Waals surface area contributed by atoms with Crippen LogP contribution in [0.3, 0.4) is 0 Å². The Morgan fingerprint density at radius 3 is 2.12 bits per heavy atom. The van der Waals surface area contributed by atoms with E-state index in [0.717, 1.165) is 12.1 Å². The summed E-state index contributed by atoms with van der Waals surface area (Å²) >= 11 is 0. The molecule has 17 heavy (non-hydrogen) atoms. The molecule has 0 atom stereocenters. The van der Waals surface area contributed by atoms with Crippen LogP contribution < -0.4 is 0 Å². The Labute approximate surface area is 95.8 Å². The van der Waals surface area contributed by atoms with Gasteiger partial charge in [-0.1, -0.05) is 12.1 Å². The maximum Gasteiger partial charge on any atom is 0.411 e. The molecule has 0 aromatic heterocycles. The molecular formula is C9H9F3O4S. The second-order valence-corrected chi connectivity index (χ2v) is 4.65. The van der Waals surface area contributed by atoms with Crippen molar-refractivity contribution in [1.29, 1.82) is 0 Å². The van der Waals surface area contributed by atoms with Crippen molar-refractivity contribution in [2.45, 2.75) is 17.7 Å². The molecule has 0 aliphatic rings. The molecule has 1 aromatic rings. The van der Waals surface area contributed by atoms with Crippen LogP contribution in [0.25, 0.3) is 0 Å². The van der Waals surface area contributed by atoms with Crippen molar-refractivity contribution in [3.63, 3.8) is 0 Å². The van der Waals surface area contributed by atoms with Crippen molar-refractivity contribution in [3.05, 3.63) is 29.8 Å². The minimum absolute atomic E-state index is 0.286. The second kappa shape index (κ2) is 5.03. The lowest BCUT2D eigenvalue weighted by atomic mass is 10.2. The number of alkyl halides is 3. The summed E-state index contributed by atoms with van der Waals surface area (Å²) in [6.07, 6.45) is -4.39. The average molecular weight is 270 g/mol. The quantitative estimate of drug-likeness (QED) is 0.850. The first kappa shape index (κ1) is 13.9. The number of halogens is 3. The molecule has 0 unspecified atom stereocenters. The SMILES string of the molecule is O=S(=O)(O)c1ccc(COCC(F)(F)F)cc1. The van der Waals surface area contributed by atoms with Gasteiger partial charge in [-0.05, 0) is 17.7 Å². The van der Waals surface area contributed by atoms with Gasteiger partial charge in [0.2, 0.25) is 0 Å². The van der Waals surface area contributed by atoms with Crippen LogP contribution in [-0.2, 0) is 21.5 Å². The van der Waals surface area contributed by atoms with E-state index in [9.17, 15) is 21.6 Å². The van der Waals surface area contributed by atoms with E-state index in [0.29, 0.717) is 5.56 Å². The van der Waals surface area contributed by atoms with E-state index in [4.69, 9.17) is 4.55 Å². The van der Waals surface area contributed by atoms with E-state index in [1.165, 1.54) is 12.1 Å². The third kappa shape index (κ3) is 5.16. The zero-order chi connectivity index (χ0) is 13.1. The van der Waals surface area contributed by atoms with E-state index < -0.39 is 22.9 Å². The van der Waals surface area contributed by atoms with Crippen LogP contribution in [0.4, 0.5) is 13.2 Å². The number of hydrogen-bond acceptors (Lipinski definition) is 3. The van der Waals surface area contributed by atoms with Gasteiger partial charge in [0.15, 0.2) is 0 Å². The van der Waals surface area contributed by atoms with Gasteiger partial charge in [-0.25, -0.2) is 0 Å². The molecule has 0 heterocycles. The van der Waals surface area contributed by atoms with Gasteiger partial charge in [-0.15, -0.1) is 0 Å². The predicted octanol–water partition coefficient (Wildman–Crippen LogP) is 2.01. The molecule has 0 saturated heterocycles. The highest BCUT2D eigenvalue weighted by molar-refractivity contribution is 7.85. The van der Waals surface area contributed by atoms with Crippen LogP contribution in [0.2, 0.25) is 0 Å². The highest BCUT2D eigenvalue weighted by atomic mass is 32.2. The molecule has 1 N–H and O–H groups in total. The molecule has 96 valence electrons. The predicted molar refractivity (Wildman–Crippen MR) is 52.0 cm³/mol. The highest BCUT2D eigenvalue weighted by Crippen LogP contribution is 2.16. The Hall–Kier alpha value is -1.12. The van der Waals surface area contributed by atoms with Gasteiger partial charge in [-0.3, -0.25) is 4.55 Å². The van der Waals surface area contributed by atoms with Crippen LogP contribution >= 0.6 is 0 Å². The molecule has 0 aliphatic carbocycles. The minimum atomic E-state index is -4.39. The summed E-state index contributed by atoms with van der Waals surface area (Å²) in [5, 5.41) is 0. The van der Waals surface area contributed by atoms with Gasteiger partial charge in [0, 0.05) is 0 Å². The van der Waals surface area contributed by atoms with Crippen LogP contribution in [0, 0.1) is 0 Å². The summed E-state index contributed by atoms with van der Waals surface area (Å²) in [7, 11) is -4.28. The van der Waals surface area contributed by atoms with Crippen molar-refractivity contribution in [1.82, 2.24) is 0 Å². The van der Waals surface area contributed by atoms with Crippen molar-refractivity contribution < 1.29 is 30.9 Å². The molecule has 0 saturated carbocycles. The van der Waals surface area contributed by atoms with Gasteiger partial charge >= 0.3 is 6.18 Å². The lowest BCUT2D eigenvalue weighted by Gasteiger charge is -2.07. The number of ether oxygens (including phenoxy) is 1. The van der Waals surface area contributed by atoms with E-state index >= 15 is 0 Å². The molecule has 0 amide bonds. The van der Waals surface area contributed by atoms with Crippen LogP contribution in [-0.4, -0.2) is 25.8 Å². The van der Waals surface area contributed by atoms with Gasteiger partial charge in [0.1, 0.15) is 6.61 Å². The Morgan fingerprint density at radius 1 is 1.18 bits per heavy atom. The molecule has 0 radical (unpaired) electrons. The maximum absolute atomic E-state index is 11.7. The molecule has 0 spiro atoms. The Kier molecular flexibility index (Phi) is 4.12. The lowest BCUT2D eigenvalue weighted by molar-refractivity contribution is -0.176. The normalized spacial score (nSPS) is 12.7. The molecule has 1 rings (SSSR count). The first-order valence-electron chi connectivity index (χ1n) is 4.39. The Balaban J connectivity index is 2.58. The summed E-state index contributed by atoms with van der Waals surface area (Å²) in [5.74, 6) is 0. The molecule has 0 aliphatic heterocycles. The molecule has 0 bridgehead atoms. The largest absolute Gasteiger partial charge is 0.411 e. The van der Waals surface area contributed by atoms with E-state index in [-0.39, 0.29) is 11.5 Å². The van der Waals surface area contributed by atoms with E-state index in [1.54, 1.807) is 0 Å². The fourth-order valence-corrected chi connectivity index (χ4v) is 1.52. The van der Waals surface area contributed by atoms with Crippen molar-refractivity contribution in [2.75, 3.05) is 6.61 Å². The lowest BCUT2D eigenvalue weighted by Crippen LogP contribution is -2.16. The van der Waals surface area contributed by atoms with Gasteiger partial charge in [0.25, 0.3) is 10.1 Å². The van der Waals surface area contributed by atoms with Crippen LogP contribution in [0.1, 0.15) is 5.56 Å². The van der Waals surface area contributed by atoms with Crippen molar-refractivity contribution in [3.8, 4) is 0 Å². The average Bonchev–Trinajstić information content (AvgIpc) is 2.15. The smallest absolute Gasteiger partial charge is 0.367 e. The number of benzene rings is 1. The fourth-order valence-electron chi connectivity index (χ4n) is 1.04. The summed E-state index contributed by atoms with van der Waals surface area (Å²) in [5.41, 5.74) is 0.377. The summed E-state index contributed by atoms with van der Waals surface area (Å²) < 4.78 is 69.6. The molecular weight excluding hydrogens is 261 g/mol. The first-order chi connectivity index (χ1) is 7.68. The zero-order valence-electron chi connectivity index (χ0n) is 8.44. The van der Waals surface area contributed by atoms with Crippen LogP contribution in [0.5, 0.6) is 0 Å². The monoisotopic (exact) mass is 270 g/mol. The second-order valence-electron chi connectivity index (χ2n) is 3.23. The summed E-state index contributed by atoms with van der Waals surface area (Å²) in [6, 6.07) is 4.70. The third-order valence-electron chi connectivity index (χ3n) is 1.76. The standard InChI is InChI=1S/C9H9F3O4S/c10-9(11,12)6-16-5-7-1-3-8(4-2-7)17(13,14)15/h1-4H,5-6H2,(H,13,14,15). The van der Waals surface area contributed by atoms with E-state index in [1.807, 2.05) is 0 Å². The molecule has 4 nitrogen and oxygen atoms in total. The fraction of sp³-hybridized carbons (Fsp3) is 0.333. The van der Waals surface area contributed by atoms with Gasteiger partial charge in [-0.2, -0.15) is 21.6 Å². The maximum atomic E-state index is 11.7. The zero-order valence-corrected chi connectivity index (χ0v) is 9.25. The molecule has 8 heteroatoms. The Morgan fingerprint density at radius 2 is 1.71 bits per heavy atom. The van der Waals surface area contributed by atoms with Crippen molar-refractivity contribution >= 4 is 10.1 Å². The Bertz CT molecular complexity index is 464. The van der Waals surface area contributed by atoms with Crippen molar-refractivity contribution in [2.24, 2.45) is 0 Å². The van der Waals surface area contributed by atoms with Gasteiger partial charge in [0.05, 0.1) is 11.5 Å². The highest BCUT2D eigenvalue weighted by Gasteiger charge is 2.27. The topological polar surface area (TPSA) is 63.6 Å². The minimum Gasteiger partial charge on any atom is -0.367 e. The summed E-state index contributed by atoms with van der Waals surface area (Å²) in [4.78, 5) is -0.322. The van der Waals surface area contributed by atoms with Gasteiger partial charge < -0.3 is 4.74 Å². The molecule has 0 fully saturated rings. The molecule has 1 aromatic carbocycles. The van der Waals surface area contributed by atoms with Crippen LogP contribution in [0.15, 0.2) is 29.2 Å². The number of hydrogen-bond donors (Lipinski definition) is 1. The third-order valence-corrected chi connectivity index (χ3v) is 2.62. The first-order valence-corrected chi connectivity index (χ1v) is 5.83.